The maximum atomic E-state index is 14.7. The van der Waals surface area contributed by atoms with Crippen LogP contribution in [0.3, 0.4) is 0 Å². The third-order valence-corrected chi connectivity index (χ3v) is 7.04. The summed E-state index contributed by atoms with van der Waals surface area (Å²) in [6, 6.07) is 9.73. The Labute approximate surface area is 256 Å². The third kappa shape index (κ3) is 6.70. The van der Waals surface area contributed by atoms with E-state index in [4.69, 9.17) is 16.3 Å². The molecule has 0 unspecified atom stereocenters. The fourth-order valence-electron chi connectivity index (χ4n) is 4.09. The first-order valence-corrected chi connectivity index (χ1v) is 13.2. The van der Waals surface area contributed by atoms with E-state index >= 15 is 0 Å². The number of carbonyl (C=O) groups excluding carboxylic acids is 2. The zero-order valence-corrected chi connectivity index (χ0v) is 24.6. The summed E-state index contributed by atoms with van der Waals surface area (Å²) in [5.41, 5.74) is -9.19. The Bertz CT molecular complexity index is 1540. The molecule has 0 saturated carbocycles. The average Bonchev–Trinajstić information content (AvgIpc) is 2.93. The number of benzene rings is 3. The van der Waals surface area contributed by atoms with Crippen LogP contribution in [0.4, 0.5) is 50.9 Å². The van der Waals surface area contributed by atoms with Crippen LogP contribution in [0.1, 0.15) is 33.2 Å². The molecule has 2 amide bonds. The Morgan fingerprint density at radius 1 is 0.955 bits per heavy atom. The van der Waals surface area contributed by atoms with Crippen molar-refractivity contribution in [3.05, 3.63) is 80.8 Å². The van der Waals surface area contributed by atoms with Gasteiger partial charge in [-0.3, -0.25) is 9.59 Å². The van der Waals surface area contributed by atoms with Gasteiger partial charge in [-0.25, -0.2) is 4.39 Å². The molecule has 1 N–H and O–H groups in total. The summed E-state index contributed by atoms with van der Waals surface area (Å²) in [6.07, 6.45) is -13.1. The van der Waals surface area contributed by atoms with E-state index in [1.54, 1.807) is 19.1 Å². The average molecular weight is 722 g/mol. The maximum absolute atomic E-state index is 14.7. The lowest BCUT2D eigenvalue weighted by atomic mass is 9.93. The smallest absolute Gasteiger partial charge is 0.435 e. The van der Waals surface area contributed by atoms with Crippen molar-refractivity contribution in [1.82, 2.24) is 0 Å². The molecule has 44 heavy (non-hydrogen) atoms. The molecule has 0 atom stereocenters. The van der Waals surface area contributed by atoms with Gasteiger partial charge in [0, 0.05) is 16.6 Å². The van der Waals surface area contributed by atoms with Gasteiger partial charge in [-0.05, 0) is 59.3 Å². The van der Waals surface area contributed by atoms with E-state index in [1.807, 2.05) is 0 Å². The van der Waals surface area contributed by atoms with Gasteiger partial charge in [0.25, 0.3) is 11.8 Å². The highest BCUT2D eigenvalue weighted by molar-refractivity contribution is 9.10. The minimum atomic E-state index is -6.56. The number of hydrogen-bond acceptors (Lipinski definition) is 4. The molecule has 3 rings (SSSR count). The Balaban J connectivity index is 2.12. The van der Waals surface area contributed by atoms with Gasteiger partial charge in [-0.15, -0.1) is 0 Å². The molecule has 0 radical (unpaired) electrons. The van der Waals surface area contributed by atoms with E-state index in [2.05, 4.69) is 26.0 Å². The monoisotopic (exact) mass is 720 g/mol. The van der Waals surface area contributed by atoms with Gasteiger partial charge in [0.15, 0.2) is 11.5 Å². The second-order valence-electron chi connectivity index (χ2n) is 8.71. The van der Waals surface area contributed by atoms with E-state index in [0.717, 1.165) is 7.11 Å². The lowest BCUT2D eigenvalue weighted by molar-refractivity contribution is -0.348. The van der Waals surface area contributed by atoms with Crippen molar-refractivity contribution in [2.45, 2.75) is 31.6 Å². The van der Waals surface area contributed by atoms with Crippen LogP contribution in [0.25, 0.3) is 0 Å². The van der Waals surface area contributed by atoms with Crippen LogP contribution in [-0.4, -0.2) is 44.4 Å². The molecular formula is C27H19BrClF9N2O4. The lowest BCUT2D eigenvalue weighted by Gasteiger charge is -2.31. The van der Waals surface area contributed by atoms with Crippen LogP contribution < -0.4 is 19.7 Å². The van der Waals surface area contributed by atoms with Crippen molar-refractivity contribution in [3.63, 3.8) is 0 Å². The van der Waals surface area contributed by atoms with E-state index in [-0.39, 0.29) is 46.3 Å². The number of carbonyl (C=O) groups is 2. The van der Waals surface area contributed by atoms with Crippen LogP contribution in [0.15, 0.2) is 59.1 Å². The van der Waals surface area contributed by atoms with Crippen molar-refractivity contribution < 1.29 is 58.6 Å². The van der Waals surface area contributed by atoms with Crippen molar-refractivity contribution in [3.8, 4) is 11.5 Å². The first kappa shape index (κ1) is 34.8. The van der Waals surface area contributed by atoms with Crippen LogP contribution in [0.5, 0.6) is 11.5 Å². The topological polar surface area (TPSA) is 67.9 Å². The zero-order valence-electron chi connectivity index (χ0n) is 22.2. The van der Waals surface area contributed by atoms with Crippen LogP contribution in [0.2, 0.25) is 5.02 Å². The quantitative estimate of drug-likeness (QED) is 0.224. The Kier molecular flexibility index (Phi) is 10.4. The molecule has 3 aromatic carbocycles. The van der Waals surface area contributed by atoms with Crippen LogP contribution >= 0.6 is 27.5 Å². The molecule has 6 nitrogen and oxygen atoms in total. The number of nitrogens with zero attached hydrogens (tertiary/aromatic N) is 1. The molecule has 0 aliphatic carbocycles. The summed E-state index contributed by atoms with van der Waals surface area (Å²) >= 11 is 8.76. The largest absolute Gasteiger partial charge is 0.494 e. The molecule has 0 bridgehead atoms. The van der Waals surface area contributed by atoms with E-state index < -0.39 is 57.9 Å². The highest BCUT2D eigenvalue weighted by atomic mass is 79.9. The summed E-state index contributed by atoms with van der Waals surface area (Å²) in [7, 11) is 1.13. The predicted molar refractivity (Wildman–Crippen MR) is 145 cm³/mol. The van der Waals surface area contributed by atoms with Crippen molar-refractivity contribution in [2.75, 3.05) is 23.9 Å². The summed E-state index contributed by atoms with van der Waals surface area (Å²) in [4.78, 5) is 27.8. The summed E-state index contributed by atoms with van der Waals surface area (Å²) < 4.78 is 130. The molecule has 0 aromatic heterocycles. The Hall–Kier alpha value is -3.66. The van der Waals surface area contributed by atoms with Gasteiger partial charge in [0.05, 0.1) is 34.6 Å². The van der Waals surface area contributed by atoms with E-state index in [9.17, 15) is 49.1 Å². The molecule has 0 aliphatic heterocycles. The molecule has 0 spiro atoms. The summed E-state index contributed by atoms with van der Waals surface area (Å²) in [6.45, 7) is -2.18. The highest BCUT2D eigenvalue weighted by Gasteiger charge is 2.73. The summed E-state index contributed by atoms with van der Waals surface area (Å²) in [5.74, 6) is -3.43. The van der Waals surface area contributed by atoms with Gasteiger partial charge in [-0.1, -0.05) is 29.8 Å². The number of methoxy groups -OCH3 is 1. The van der Waals surface area contributed by atoms with Gasteiger partial charge in [0.2, 0.25) is 0 Å². The summed E-state index contributed by atoms with van der Waals surface area (Å²) in [5, 5.41) is 2.17. The molecule has 0 saturated heterocycles. The predicted octanol–water partition coefficient (Wildman–Crippen LogP) is 8.92. The Morgan fingerprint density at radius 3 is 2.07 bits per heavy atom. The number of rotatable bonds is 9. The van der Waals surface area contributed by atoms with Crippen molar-refractivity contribution in [2.24, 2.45) is 0 Å². The van der Waals surface area contributed by atoms with Crippen LogP contribution in [-0.2, 0) is 5.67 Å². The highest BCUT2D eigenvalue weighted by Crippen LogP contribution is 2.55. The van der Waals surface area contributed by atoms with Gasteiger partial charge in [0.1, 0.15) is 0 Å². The molecule has 3 aromatic rings. The number of alkyl halides is 9. The molecule has 238 valence electrons. The minimum Gasteiger partial charge on any atom is -0.494 e. The molecule has 17 heteroatoms. The number of para-hydroxylation sites is 1. The number of anilines is 2. The molecule has 0 fully saturated rings. The van der Waals surface area contributed by atoms with Crippen LogP contribution in [0, 0.1) is 0 Å². The van der Waals surface area contributed by atoms with Crippen molar-refractivity contribution >= 4 is 50.7 Å². The lowest BCUT2D eigenvalue weighted by Crippen LogP contribution is -2.50. The number of amides is 2. The second-order valence-corrected chi connectivity index (χ2v) is 9.97. The van der Waals surface area contributed by atoms with Gasteiger partial charge >= 0.3 is 24.6 Å². The number of halogens is 11. The molecular weight excluding hydrogens is 703 g/mol. The molecule has 0 heterocycles. The standard InChI is InChI=1S/C27H19BrClF9N2O4/c1-3-40(23(42)14-7-4-5-9-17(14)29)18-10-6-8-15(21(18)43-2)22(41)39-20-16(28)11-13(12-19(20)44-24(30)31)25(32,26(33,34)35)27(36,37)38/h4-12,24H,3H2,1-2H3,(H,39,41). The second kappa shape index (κ2) is 13.1. The zero-order chi connectivity index (χ0) is 33.2. The van der Waals surface area contributed by atoms with Crippen molar-refractivity contribution in [1.29, 1.82) is 0 Å². The number of hydrogen-bond donors (Lipinski definition) is 1. The fraction of sp³-hybridized carbons (Fsp3) is 0.259. The third-order valence-electron chi connectivity index (χ3n) is 6.09. The van der Waals surface area contributed by atoms with E-state index in [0.29, 0.717) is 0 Å². The Morgan fingerprint density at radius 2 is 1.55 bits per heavy atom. The van der Waals surface area contributed by atoms with Gasteiger partial charge < -0.3 is 19.7 Å². The number of nitrogens with one attached hydrogen (secondary N) is 1. The van der Waals surface area contributed by atoms with E-state index in [1.165, 1.54) is 35.2 Å². The normalized spacial score (nSPS) is 12.2. The maximum Gasteiger partial charge on any atom is 0.435 e. The SMILES string of the molecule is CCN(C(=O)c1ccccc1Cl)c1cccc(C(=O)Nc2c(Br)cc(C(F)(C(F)(F)F)C(F)(F)F)cc2OC(F)F)c1OC. The van der Waals surface area contributed by atoms with Gasteiger partial charge in [-0.2, -0.15) is 35.1 Å². The number of ether oxygens (including phenoxy) is 2. The first-order chi connectivity index (χ1) is 20.4. The minimum absolute atomic E-state index is 0.0175. The first-order valence-electron chi connectivity index (χ1n) is 12.0. The molecule has 0 aliphatic rings. The fourth-order valence-corrected chi connectivity index (χ4v) is 4.85.